The van der Waals surface area contributed by atoms with E-state index in [0.29, 0.717) is 0 Å². The zero-order valence-corrected chi connectivity index (χ0v) is 10.3. The molecule has 1 aromatic rings. The van der Waals surface area contributed by atoms with Gasteiger partial charge in [0, 0.05) is 0 Å². The van der Waals surface area contributed by atoms with Gasteiger partial charge in [0.15, 0.2) is 0 Å². The van der Waals surface area contributed by atoms with Gasteiger partial charge >= 0.3 is 11.9 Å². The third-order valence-corrected chi connectivity index (χ3v) is 2.32. The Bertz CT molecular complexity index is 514. The average molecular weight is 271 g/mol. The maximum Gasteiger partial charge on any atom is 0.340 e. The van der Waals surface area contributed by atoms with Crippen molar-refractivity contribution in [1.29, 1.82) is 0 Å². The second-order valence-corrected chi connectivity index (χ2v) is 3.53. The van der Waals surface area contributed by atoms with Gasteiger partial charge in [-0.05, 0) is 18.2 Å². The number of esters is 1. The normalized spacial score (nSPS) is 11.1. The molecular weight excluding hydrogens is 260 g/mol. The fraction of sp³-hybridized carbons (Fsp3) is 0.182. The van der Waals surface area contributed by atoms with E-state index in [-0.39, 0.29) is 28.5 Å². The molecule has 0 spiro atoms. The molecule has 3 N–H and O–H groups in total. The van der Waals surface area contributed by atoms with Crippen molar-refractivity contribution in [2.24, 2.45) is 10.7 Å². The van der Waals surface area contributed by atoms with Crippen LogP contribution in [-0.2, 0) is 4.74 Å². The number of nitrogens with zero attached hydrogens (tertiary/aromatic N) is 1. The van der Waals surface area contributed by atoms with Gasteiger partial charge < -0.3 is 15.6 Å². The fourth-order valence-electron chi connectivity index (χ4n) is 1.22. The van der Waals surface area contributed by atoms with Crippen molar-refractivity contribution in [3.63, 3.8) is 0 Å². The van der Waals surface area contributed by atoms with Gasteiger partial charge in [-0.2, -0.15) is 0 Å². The number of aliphatic imine (C=N–C) groups is 1. The molecule has 96 valence electrons. The maximum atomic E-state index is 11.5. The predicted molar refractivity (Wildman–Crippen MR) is 66.7 cm³/mol. The Morgan fingerprint density at radius 2 is 2.17 bits per heavy atom. The number of methoxy groups -OCH3 is 1. The number of carboxylic acids is 1. The summed E-state index contributed by atoms with van der Waals surface area (Å²) in [7, 11) is 1.21. The summed E-state index contributed by atoms with van der Waals surface area (Å²) in [5.41, 5.74) is 5.68. The van der Waals surface area contributed by atoms with Gasteiger partial charge in [0.1, 0.15) is 5.84 Å². The quantitative estimate of drug-likeness (QED) is 0.373. The first kappa shape index (κ1) is 14.0. The van der Waals surface area contributed by atoms with Crippen molar-refractivity contribution in [3.8, 4) is 0 Å². The minimum Gasteiger partial charge on any atom is -0.478 e. The Labute approximate surface area is 108 Å². The Morgan fingerprint density at radius 1 is 1.50 bits per heavy atom. The van der Waals surface area contributed by atoms with Crippen molar-refractivity contribution in [1.82, 2.24) is 0 Å². The Kier molecular flexibility index (Phi) is 4.67. The lowest BCUT2D eigenvalue weighted by Crippen LogP contribution is -2.13. The highest BCUT2D eigenvalue weighted by Gasteiger charge is 2.14. The lowest BCUT2D eigenvalue weighted by atomic mass is 10.1. The smallest absolute Gasteiger partial charge is 0.340 e. The van der Waals surface area contributed by atoms with E-state index in [1.54, 1.807) is 0 Å². The molecule has 0 saturated carbocycles. The Morgan fingerprint density at radius 3 is 2.67 bits per heavy atom. The number of hydrogen-bond acceptors (Lipinski definition) is 4. The Balaban J connectivity index is 3.35. The summed E-state index contributed by atoms with van der Waals surface area (Å²) in [4.78, 5) is 26.2. The van der Waals surface area contributed by atoms with Crippen molar-refractivity contribution >= 4 is 35.1 Å². The maximum absolute atomic E-state index is 11.5. The number of alkyl halides is 1. The zero-order chi connectivity index (χ0) is 13.7. The molecular formula is C11H11ClN2O4. The molecule has 0 bridgehead atoms. The van der Waals surface area contributed by atoms with Crippen molar-refractivity contribution in [3.05, 3.63) is 29.3 Å². The van der Waals surface area contributed by atoms with E-state index in [1.165, 1.54) is 25.3 Å². The molecule has 0 aliphatic carbocycles. The van der Waals surface area contributed by atoms with Gasteiger partial charge in [-0.3, -0.25) is 0 Å². The second kappa shape index (κ2) is 6.02. The average Bonchev–Trinajstić information content (AvgIpc) is 2.37. The molecule has 0 unspecified atom stereocenters. The number of carboxylic acid groups (broad SMARTS) is 1. The molecule has 6 nitrogen and oxygen atoms in total. The monoisotopic (exact) mass is 270 g/mol. The topological polar surface area (TPSA) is 102 Å². The molecule has 0 aromatic heterocycles. The van der Waals surface area contributed by atoms with Gasteiger partial charge in [0.25, 0.3) is 0 Å². The van der Waals surface area contributed by atoms with Gasteiger partial charge in [0.2, 0.25) is 0 Å². The number of carbonyl (C=O) groups is 2. The van der Waals surface area contributed by atoms with Crippen LogP contribution in [0.3, 0.4) is 0 Å². The number of rotatable bonds is 4. The zero-order valence-electron chi connectivity index (χ0n) is 9.51. The van der Waals surface area contributed by atoms with Crippen LogP contribution in [0.5, 0.6) is 0 Å². The van der Waals surface area contributed by atoms with E-state index in [0.717, 1.165) is 0 Å². The van der Waals surface area contributed by atoms with E-state index < -0.39 is 11.9 Å². The van der Waals surface area contributed by atoms with E-state index in [9.17, 15) is 9.59 Å². The van der Waals surface area contributed by atoms with Gasteiger partial charge in [-0.15, -0.1) is 11.6 Å². The molecule has 18 heavy (non-hydrogen) atoms. The highest BCUT2D eigenvalue weighted by molar-refractivity contribution is 6.28. The molecule has 0 amide bonds. The van der Waals surface area contributed by atoms with E-state index in [2.05, 4.69) is 9.73 Å². The molecule has 0 atom stereocenters. The first-order valence-electron chi connectivity index (χ1n) is 4.84. The highest BCUT2D eigenvalue weighted by atomic mass is 35.5. The van der Waals surface area contributed by atoms with Crippen molar-refractivity contribution in [2.45, 2.75) is 0 Å². The number of nitrogens with two attached hydrogens (primary N) is 1. The van der Waals surface area contributed by atoms with Crippen LogP contribution < -0.4 is 5.73 Å². The molecule has 0 heterocycles. The molecule has 0 aliphatic rings. The number of carbonyl (C=O) groups excluding carboxylic acids is 1. The number of benzene rings is 1. The summed E-state index contributed by atoms with van der Waals surface area (Å²) in [5, 5.41) is 8.87. The third-order valence-electron chi connectivity index (χ3n) is 2.05. The first-order chi connectivity index (χ1) is 8.49. The summed E-state index contributed by atoms with van der Waals surface area (Å²) in [6, 6.07) is 3.83. The van der Waals surface area contributed by atoms with Crippen LogP contribution >= 0.6 is 11.6 Å². The summed E-state index contributed by atoms with van der Waals surface area (Å²) >= 11 is 5.48. The summed E-state index contributed by atoms with van der Waals surface area (Å²) in [6.45, 7) is 0. The van der Waals surface area contributed by atoms with Gasteiger partial charge in [-0.1, -0.05) is 0 Å². The molecule has 0 saturated heterocycles. The van der Waals surface area contributed by atoms with Crippen LogP contribution in [0.2, 0.25) is 0 Å². The molecule has 0 fully saturated rings. The summed E-state index contributed by atoms with van der Waals surface area (Å²) in [5.74, 6) is -1.72. The van der Waals surface area contributed by atoms with E-state index >= 15 is 0 Å². The number of halogens is 1. The van der Waals surface area contributed by atoms with E-state index in [1.807, 2.05) is 0 Å². The standard InChI is InChI=1S/C11H11ClN2O4/c1-18-11(17)7-3-2-6(10(15)16)4-8(7)14-9(13)5-12/h2-4H,5H2,1H3,(H2,13,14)(H,15,16). The minimum atomic E-state index is -1.13. The lowest BCUT2D eigenvalue weighted by Gasteiger charge is -2.05. The largest absolute Gasteiger partial charge is 0.478 e. The van der Waals surface area contributed by atoms with Crippen molar-refractivity contribution < 1.29 is 19.4 Å². The first-order valence-corrected chi connectivity index (χ1v) is 5.37. The molecule has 1 rings (SSSR count). The lowest BCUT2D eigenvalue weighted by molar-refractivity contribution is 0.0599. The summed E-state index contributed by atoms with van der Waals surface area (Å²) in [6.07, 6.45) is 0. The van der Waals surface area contributed by atoms with Crippen LogP contribution in [0.4, 0.5) is 5.69 Å². The number of amidine groups is 1. The van der Waals surface area contributed by atoms with Crippen molar-refractivity contribution in [2.75, 3.05) is 13.0 Å². The fourth-order valence-corrected chi connectivity index (χ4v) is 1.28. The second-order valence-electron chi connectivity index (χ2n) is 3.27. The molecule has 7 heteroatoms. The molecule has 1 aromatic carbocycles. The third kappa shape index (κ3) is 3.21. The van der Waals surface area contributed by atoms with Gasteiger partial charge in [-0.25, -0.2) is 14.6 Å². The minimum absolute atomic E-state index is 0.0104. The van der Waals surface area contributed by atoms with Crippen LogP contribution in [-0.4, -0.2) is 35.9 Å². The van der Waals surface area contributed by atoms with Crippen LogP contribution in [0, 0.1) is 0 Å². The van der Waals surface area contributed by atoms with E-state index in [4.69, 9.17) is 22.4 Å². The number of aromatic carboxylic acids is 1. The van der Waals surface area contributed by atoms with Crippen LogP contribution in [0.25, 0.3) is 0 Å². The Hall–Kier alpha value is -2.08. The van der Waals surface area contributed by atoms with Gasteiger partial charge in [0.05, 0.1) is 29.8 Å². The predicted octanol–water partition coefficient (Wildman–Crippen LogP) is 1.40. The number of ether oxygens (including phenoxy) is 1. The van der Waals surface area contributed by atoms with Crippen LogP contribution in [0.1, 0.15) is 20.7 Å². The molecule has 0 aliphatic heterocycles. The highest BCUT2D eigenvalue weighted by Crippen LogP contribution is 2.22. The summed E-state index contributed by atoms with van der Waals surface area (Å²) < 4.78 is 4.56. The SMILES string of the molecule is COC(=O)c1ccc(C(=O)O)cc1N=C(N)CCl. The molecule has 0 radical (unpaired) electrons. The van der Waals surface area contributed by atoms with Crippen LogP contribution in [0.15, 0.2) is 23.2 Å². The number of hydrogen-bond donors (Lipinski definition) is 2.